The first-order valence-electron chi connectivity index (χ1n) is 11.8. The van der Waals surface area contributed by atoms with Crippen molar-refractivity contribution in [1.29, 1.82) is 0 Å². The topological polar surface area (TPSA) is 20.4 Å². The van der Waals surface area contributed by atoms with Crippen LogP contribution in [0.5, 0.6) is 0 Å². The third-order valence-corrected chi connectivity index (χ3v) is 6.16. The Morgan fingerprint density at radius 1 is 1.09 bits per heavy atom. The van der Waals surface area contributed by atoms with E-state index in [2.05, 4.69) is 117 Å². The van der Waals surface area contributed by atoms with E-state index in [1.54, 1.807) is 0 Å². The second-order valence-corrected chi connectivity index (χ2v) is 8.82. The first-order valence-corrected chi connectivity index (χ1v) is 11.8. The number of rotatable bonds is 8. The fourth-order valence-electron chi connectivity index (χ4n) is 4.08. The SMILES string of the molecule is C=C/C=C\C1=[N+](C)CCC(=C)/C1=C(\C(=C)CC)c1cc(/C=C/c2ccc(N(C)C)cc2)cc[nH+]1. The van der Waals surface area contributed by atoms with Crippen LogP contribution in [0.1, 0.15) is 36.6 Å². The summed E-state index contributed by atoms with van der Waals surface area (Å²) in [5, 5.41) is 0. The molecule has 0 amide bonds. The van der Waals surface area contributed by atoms with Crippen LogP contribution in [-0.2, 0) is 0 Å². The fraction of sp³-hybridized carbons (Fsp3) is 0.226. The summed E-state index contributed by atoms with van der Waals surface area (Å²) in [6.07, 6.45) is 14.0. The zero-order valence-corrected chi connectivity index (χ0v) is 21.1. The van der Waals surface area contributed by atoms with Crippen molar-refractivity contribution in [2.45, 2.75) is 19.8 Å². The molecule has 1 aromatic heterocycles. The summed E-state index contributed by atoms with van der Waals surface area (Å²) in [5.41, 5.74) is 10.2. The Kier molecular flexibility index (Phi) is 8.37. The molecule has 0 saturated heterocycles. The predicted molar refractivity (Wildman–Crippen MR) is 148 cm³/mol. The molecular formula is C31H37N3+2. The first kappa shape index (κ1) is 24.9. The van der Waals surface area contributed by atoms with Gasteiger partial charge in [-0.25, -0.2) is 9.56 Å². The third kappa shape index (κ3) is 5.79. The Morgan fingerprint density at radius 3 is 2.44 bits per heavy atom. The number of pyridine rings is 1. The highest BCUT2D eigenvalue weighted by Crippen LogP contribution is 2.33. The molecule has 174 valence electrons. The normalized spacial score (nSPS) is 15.8. The molecule has 0 radical (unpaired) electrons. The van der Waals surface area contributed by atoms with Gasteiger partial charge in [-0.1, -0.05) is 63.1 Å². The molecule has 0 atom stereocenters. The van der Waals surface area contributed by atoms with Gasteiger partial charge >= 0.3 is 0 Å². The average Bonchev–Trinajstić information content (AvgIpc) is 2.85. The molecule has 2 aromatic rings. The summed E-state index contributed by atoms with van der Waals surface area (Å²) in [5.74, 6) is 0. The van der Waals surface area contributed by atoms with Crippen LogP contribution in [0.2, 0.25) is 0 Å². The minimum atomic E-state index is 0.862. The van der Waals surface area contributed by atoms with Crippen molar-refractivity contribution in [2.75, 3.05) is 32.6 Å². The van der Waals surface area contributed by atoms with Crippen LogP contribution >= 0.6 is 0 Å². The van der Waals surface area contributed by atoms with Crippen LogP contribution in [0.15, 0.2) is 97.3 Å². The lowest BCUT2D eigenvalue weighted by Gasteiger charge is -2.20. The molecular weight excluding hydrogens is 414 g/mol. The summed E-state index contributed by atoms with van der Waals surface area (Å²) < 4.78 is 2.29. The van der Waals surface area contributed by atoms with Gasteiger partial charge in [0.15, 0.2) is 6.20 Å². The summed E-state index contributed by atoms with van der Waals surface area (Å²) in [6.45, 7) is 15.8. The lowest BCUT2D eigenvalue weighted by atomic mass is 9.85. The third-order valence-electron chi connectivity index (χ3n) is 6.16. The second kappa shape index (κ2) is 11.4. The number of aromatic amines is 1. The van der Waals surface area contributed by atoms with Crippen molar-refractivity contribution in [2.24, 2.45) is 0 Å². The average molecular weight is 452 g/mol. The molecule has 3 heteroatoms. The number of anilines is 1. The molecule has 0 bridgehead atoms. The van der Waals surface area contributed by atoms with E-state index in [1.807, 2.05) is 18.3 Å². The maximum Gasteiger partial charge on any atom is 0.212 e. The zero-order valence-electron chi connectivity index (χ0n) is 21.1. The highest BCUT2D eigenvalue weighted by Gasteiger charge is 2.29. The van der Waals surface area contributed by atoms with E-state index in [1.165, 1.54) is 11.3 Å². The maximum atomic E-state index is 4.43. The van der Waals surface area contributed by atoms with Gasteiger partial charge in [0, 0.05) is 44.4 Å². The molecule has 1 aliphatic rings. The van der Waals surface area contributed by atoms with Crippen molar-refractivity contribution < 1.29 is 9.56 Å². The summed E-state index contributed by atoms with van der Waals surface area (Å²) in [6, 6.07) is 12.8. The fourth-order valence-corrected chi connectivity index (χ4v) is 4.08. The minimum absolute atomic E-state index is 0.862. The van der Waals surface area contributed by atoms with Crippen molar-refractivity contribution in [3.63, 3.8) is 0 Å². The molecule has 0 saturated carbocycles. The number of benzene rings is 1. The van der Waals surface area contributed by atoms with Crippen LogP contribution in [0, 0.1) is 0 Å². The summed E-state index contributed by atoms with van der Waals surface area (Å²) >= 11 is 0. The van der Waals surface area contributed by atoms with Gasteiger partial charge in [0.2, 0.25) is 11.4 Å². The van der Waals surface area contributed by atoms with E-state index in [4.69, 9.17) is 0 Å². The molecule has 3 rings (SSSR count). The molecule has 0 unspecified atom stereocenters. The van der Waals surface area contributed by atoms with Crippen molar-refractivity contribution in [1.82, 2.24) is 0 Å². The van der Waals surface area contributed by atoms with Crippen LogP contribution < -0.4 is 9.88 Å². The highest BCUT2D eigenvalue weighted by molar-refractivity contribution is 6.15. The van der Waals surface area contributed by atoms with Gasteiger partial charge in [0.25, 0.3) is 0 Å². The van der Waals surface area contributed by atoms with E-state index in [-0.39, 0.29) is 0 Å². The Hall–Kier alpha value is -3.72. The lowest BCUT2D eigenvalue weighted by Crippen LogP contribution is -2.27. The van der Waals surface area contributed by atoms with Gasteiger partial charge in [0.05, 0.1) is 11.1 Å². The number of nitrogens with one attached hydrogen (secondary N) is 1. The molecule has 34 heavy (non-hydrogen) atoms. The second-order valence-electron chi connectivity index (χ2n) is 8.82. The number of nitrogens with zero attached hydrogens (tertiary/aromatic N) is 2. The minimum Gasteiger partial charge on any atom is -0.378 e. The van der Waals surface area contributed by atoms with E-state index in [0.717, 1.165) is 58.6 Å². The van der Waals surface area contributed by atoms with Crippen LogP contribution in [0.25, 0.3) is 17.7 Å². The smallest absolute Gasteiger partial charge is 0.212 e. The van der Waals surface area contributed by atoms with Gasteiger partial charge in [-0.3, -0.25) is 0 Å². The van der Waals surface area contributed by atoms with E-state index < -0.39 is 0 Å². The Balaban J connectivity index is 2.07. The number of hydrogen-bond donors (Lipinski definition) is 0. The van der Waals surface area contributed by atoms with Gasteiger partial charge < -0.3 is 4.90 Å². The molecule has 1 aliphatic heterocycles. The van der Waals surface area contributed by atoms with Crippen molar-refractivity contribution in [3.05, 3.63) is 114 Å². The Bertz CT molecular complexity index is 1200. The predicted octanol–water partition coefficient (Wildman–Crippen LogP) is 6.24. The van der Waals surface area contributed by atoms with E-state index in [9.17, 15) is 0 Å². The van der Waals surface area contributed by atoms with Crippen LogP contribution in [0.3, 0.4) is 0 Å². The van der Waals surface area contributed by atoms with Gasteiger partial charge in [-0.15, -0.1) is 0 Å². The van der Waals surface area contributed by atoms with Gasteiger partial charge in [0.1, 0.15) is 13.6 Å². The number of hydrogen-bond acceptors (Lipinski definition) is 1. The Morgan fingerprint density at radius 2 is 1.79 bits per heavy atom. The largest absolute Gasteiger partial charge is 0.378 e. The van der Waals surface area contributed by atoms with Gasteiger partial charge in [-0.2, -0.15) is 0 Å². The molecule has 0 spiro atoms. The lowest BCUT2D eigenvalue weighted by molar-refractivity contribution is -0.497. The quantitative estimate of drug-likeness (QED) is 0.343. The van der Waals surface area contributed by atoms with Crippen molar-refractivity contribution >= 4 is 29.1 Å². The molecule has 1 N–H and O–H groups in total. The first-order chi connectivity index (χ1) is 16.3. The molecule has 1 aromatic carbocycles. The molecule has 0 fully saturated rings. The highest BCUT2D eigenvalue weighted by atomic mass is 15.1. The molecule has 2 heterocycles. The van der Waals surface area contributed by atoms with Crippen molar-refractivity contribution in [3.8, 4) is 0 Å². The van der Waals surface area contributed by atoms with Crippen LogP contribution in [0.4, 0.5) is 5.69 Å². The number of H-pyrrole nitrogens is 1. The van der Waals surface area contributed by atoms with Crippen LogP contribution in [-0.4, -0.2) is 38.0 Å². The number of aromatic nitrogens is 1. The summed E-state index contributed by atoms with van der Waals surface area (Å²) in [4.78, 5) is 5.58. The van der Waals surface area contributed by atoms with Gasteiger partial charge in [-0.05, 0) is 40.8 Å². The monoisotopic (exact) mass is 451 g/mol. The maximum absolute atomic E-state index is 4.43. The standard InChI is InChI=1S/C31H36N3/c1-8-10-11-29-31(24(4)19-21-34(29)7)30(23(3)9-2)28-22-26(18-20-32-28)13-12-25-14-16-27(17-15-25)33(5)6/h8,10-18,20,22H,1,3-4,9,19,21H2,2,5-7H3/q+1/p+1/b11-10-,13-12+,31-30-. The summed E-state index contributed by atoms with van der Waals surface area (Å²) in [7, 11) is 6.24. The molecule has 3 nitrogen and oxygen atoms in total. The van der Waals surface area contributed by atoms with E-state index in [0.29, 0.717) is 0 Å². The van der Waals surface area contributed by atoms with E-state index >= 15 is 0 Å². The zero-order chi connectivity index (χ0) is 24.7. The molecule has 0 aliphatic carbocycles. The Labute approximate surface area is 205 Å². The number of allylic oxidation sites excluding steroid dienone is 6.